The minimum absolute atomic E-state index is 0.0858. The smallest absolute Gasteiger partial charge is 0.127 e. The number of benzene rings is 1. The average Bonchev–Trinajstić information content (AvgIpc) is 2.48. The highest BCUT2D eigenvalue weighted by molar-refractivity contribution is 9.09. The molecule has 0 atom stereocenters. The van der Waals surface area contributed by atoms with Crippen molar-refractivity contribution in [1.29, 1.82) is 0 Å². The zero-order valence-corrected chi connectivity index (χ0v) is 15.5. The molecule has 0 aliphatic carbocycles. The number of hydrogen-bond donors (Lipinski definition) is 0. The number of halogens is 3. The molecule has 1 aromatic carbocycles. The Balaban J connectivity index is 2.61. The van der Waals surface area contributed by atoms with E-state index in [1.165, 1.54) is 32.1 Å². The maximum atomic E-state index is 14.1. The van der Waals surface area contributed by atoms with Gasteiger partial charge in [0.15, 0.2) is 0 Å². The number of rotatable bonds is 10. The number of unbranched alkanes of at least 4 members (excludes halogenated alkanes) is 5. The van der Waals surface area contributed by atoms with E-state index in [2.05, 4.69) is 38.8 Å². The Bertz CT molecular complexity index is 375. The van der Waals surface area contributed by atoms with Crippen molar-refractivity contribution in [2.75, 3.05) is 10.7 Å². The standard InChI is InChI=1S/C17H25Br2F/c1-2-3-4-5-6-9-12-17(13-18,14-19)15-10-7-8-11-16(15)20/h7-8,10-11H,2-6,9,12-14H2,1H3. The van der Waals surface area contributed by atoms with Gasteiger partial charge in [-0.25, -0.2) is 4.39 Å². The summed E-state index contributed by atoms with van der Waals surface area (Å²) in [5.74, 6) is -0.0858. The summed E-state index contributed by atoms with van der Waals surface area (Å²) < 4.78 is 14.1. The molecule has 0 spiro atoms. The van der Waals surface area contributed by atoms with Crippen LogP contribution in [0.25, 0.3) is 0 Å². The van der Waals surface area contributed by atoms with Gasteiger partial charge in [0.25, 0.3) is 0 Å². The van der Waals surface area contributed by atoms with Crippen molar-refractivity contribution in [3.05, 3.63) is 35.6 Å². The van der Waals surface area contributed by atoms with E-state index in [0.29, 0.717) is 0 Å². The van der Waals surface area contributed by atoms with Crippen molar-refractivity contribution in [3.8, 4) is 0 Å². The SMILES string of the molecule is CCCCCCCCC(CBr)(CBr)c1ccccc1F. The van der Waals surface area contributed by atoms with Crippen LogP contribution in [0, 0.1) is 5.82 Å². The fourth-order valence-electron chi connectivity index (χ4n) is 2.58. The third kappa shape index (κ3) is 5.14. The summed E-state index contributed by atoms with van der Waals surface area (Å²) in [6, 6.07) is 7.18. The molecule has 1 rings (SSSR count). The van der Waals surface area contributed by atoms with E-state index >= 15 is 0 Å². The molecule has 3 heteroatoms. The first-order chi connectivity index (χ1) is 9.70. The lowest BCUT2D eigenvalue weighted by Gasteiger charge is -2.31. The van der Waals surface area contributed by atoms with E-state index in [1.54, 1.807) is 12.1 Å². The molecule has 0 aliphatic rings. The largest absolute Gasteiger partial charge is 0.207 e. The van der Waals surface area contributed by atoms with Gasteiger partial charge in [0.1, 0.15) is 5.82 Å². The first kappa shape index (κ1) is 18.2. The number of hydrogen-bond acceptors (Lipinski definition) is 0. The van der Waals surface area contributed by atoms with Crippen LogP contribution >= 0.6 is 31.9 Å². The Morgan fingerprint density at radius 2 is 1.55 bits per heavy atom. The molecule has 0 aliphatic heterocycles. The topological polar surface area (TPSA) is 0 Å². The van der Waals surface area contributed by atoms with Crippen LogP contribution in [0.3, 0.4) is 0 Å². The van der Waals surface area contributed by atoms with Crippen molar-refractivity contribution in [3.63, 3.8) is 0 Å². The molecule has 0 amide bonds. The Morgan fingerprint density at radius 1 is 0.950 bits per heavy atom. The maximum Gasteiger partial charge on any atom is 0.127 e. The van der Waals surface area contributed by atoms with Gasteiger partial charge in [0, 0.05) is 16.1 Å². The van der Waals surface area contributed by atoms with E-state index in [0.717, 1.165) is 29.1 Å². The fourth-order valence-corrected chi connectivity index (χ4v) is 4.68. The summed E-state index contributed by atoms with van der Waals surface area (Å²) >= 11 is 7.20. The van der Waals surface area contributed by atoms with Crippen molar-refractivity contribution < 1.29 is 4.39 Å². The van der Waals surface area contributed by atoms with Gasteiger partial charge in [-0.2, -0.15) is 0 Å². The molecule has 0 aromatic heterocycles. The highest BCUT2D eigenvalue weighted by atomic mass is 79.9. The molecule has 0 radical (unpaired) electrons. The third-order valence-electron chi connectivity index (χ3n) is 3.97. The molecule has 0 N–H and O–H groups in total. The van der Waals surface area contributed by atoms with Crippen LogP contribution in [0.1, 0.15) is 57.4 Å². The average molecular weight is 408 g/mol. The van der Waals surface area contributed by atoms with Crippen molar-refractivity contribution in [2.24, 2.45) is 0 Å². The maximum absolute atomic E-state index is 14.1. The van der Waals surface area contributed by atoms with E-state index in [-0.39, 0.29) is 11.2 Å². The van der Waals surface area contributed by atoms with Crippen molar-refractivity contribution in [1.82, 2.24) is 0 Å². The summed E-state index contributed by atoms with van der Waals surface area (Å²) in [4.78, 5) is 0. The van der Waals surface area contributed by atoms with Gasteiger partial charge in [-0.3, -0.25) is 0 Å². The minimum Gasteiger partial charge on any atom is -0.207 e. The molecule has 0 nitrogen and oxygen atoms in total. The van der Waals surface area contributed by atoms with Gasteiger partial charge in [0.2, 0.25) is 0 Å². The Hall–Kier alpha value is 0.110. The van der Waals surface area contributed by atoms with Crippen LogP contribution in [0.4, 0.5) is 4.39 Å². The molecule has 0 bridgehead atoms. The molecule has 0 unspecified atom stereocenters. The van der Waals surface area contributed by atoms with Crippen LogP contribution in [0.5, 0.6) is 0 Å². The highest BCUT2D eigenvalue weighted by Crippen LogP contribution is 2.35. The quantitative estimate of drug-likeness (QED) is 0.302. The second-order valence-corrected chi connectivity index (χ2v) is 6.67. The molecular weight excluding hydrogens is 383 g/mol. The second kappa shape index (κ2) is 9.94. The molecule has 0 fully saturated rings. The lowest BCUT2D eigenvalue weighted by atomic mass is 9.79. The summed E-state index contributed by atoms with van der Waals surface area (Å²) in [7, 11) is 0. The normalized spacial score (nSPS) is 11.8. The second-order valence-electron chi connectivity index (χ2n) is 5.55. The minimum atomic E-state index is -0.129. The van der Waals surface area contributed by atoms with E-state index in [4.69, 9.17) is 0 Å². The first-order valence-electron chi connectivity index (χ1n) is 7.57. The molecule has 0 saturated heterocycles. The summed E-state index contributed by atoms with van der Waals surface area (Å²) in [5, 5.41) is 1.59. The van der Waals surface area contributed by atoms with Crippen LogP contribution in [-0.4, -0.2) is 10.7 Å². The Kier molecular flexibility index (Phi) is 9.03. The Labute approximate surface area is 139 Å². The highest BCUT2D eigenvalue weighted by Gasteiger charge is 2.31. The van der Waals surface area contributed by atoms with Crippen LogP contribution < -0.4 is 0 Å². The Morgan fingerprint density at radius 3 is 2.15 bits per heavy atom. The lowest BCUT2D eigenvalue weighted by Crippen LogP contribution is -2.31. The molecule has 0 heterocycles. The fraction of sp³-hybridized carbons (Fsp3) is 0.647. The number of alkyl halides is 2. The van der Waals surface area contributed by atoms with Gasteiger partial charge in [-0.15, -0.1) is 0 Å². The predicted octanol–water partition coefficient (Wildman–Crippen LogP) is 6.60. The monoisotopic (exact) mass is 406 g/mol. The zero-order valence-electron chi connectivity index (χ0n) is 12.3. The van der Waals surface area contributed by atoms with Gasteiger partial charge >= 0.3 is 0 Å². The van der Waals surface area contributed by atoms with Gasteiger partial charge in [-0.1, -0.05) is 95.5 Å². The van der Waals surface area contributed by atoms with Gasteiger partial charge < -0.3 is 0 Å². The van der Waals surface area contributed by atoms with Gasteiger partial charge in [-0.05, 0) is 18.1 Å². The first-order valence-corrected chi connectivity index (χ1v) is 9.81. The van der Waals surface area contributed by atoms with Crippen molar-refractivity contribution in [2.45, 2.75) is 57.3 Å². The van der Waals surface area contributed by atoms with Crippen molar-refractivity contribution >= 4 is 31.9 Å². The van der Waals surface area contributed by atoms with Gasteiger partial charge in [0.05, 0.1) is 0 Å². The third-order valence-corrected chi connectivity index (χ3v) is 6.11. The van der Waals surface area contributed by atoms with E-state index < -0.39 is 0 Å². The molecule has 114 valence electrons. The van der Waals surface area contributed by atoms with Crippen LogP contribution in [0.2, 0.25) is 0 Å². The summed E-state index contributed by atoms with van der Waals surface area (Å²) in [6.45, 7) is 2.23. The predicted molar refractivity (Wildman–Crippen MR) is 93.7 cm³/mol. The molecular formula is C17H25Br2F. The van der Waals surface area contributed by atoms with Crippen LogP contribution in [0.15, 0.2) is 24.3 Å². The summed E-state index contributed by atoms with van der Waals surface area (Å²) in [5.41, 5.74) is 0.707. The lowest BCUT2D eigenvalue weighted by molar-refractivity contribution is 0.440. The van der Waals surface area contributed by atoms with E-state index in [1.807, 2.05) is 12.1 Å². The molecule has 0 saturated carbocycles. The molecule has 20 heavy (non-hydrogen) atoms. The van der Waals surface area contributed by atoms with E-state index in [9.17, 15) is 4.39 Å². The molecule has 1 aromatic rings. The van der Waals surface area contributed by atoms with Crippen LogP contribution in [-0.2, 0) is 5.41 Å². The summed E-state index contributed by atoms with van der Waals surface area (Å²) in [6.07, 6.45) is 8.66. The zero-order chi connectivity index (χ0) is 14.8.